The van der Waals surface area contributed by atoms with Gasteiger partial charge in [0, 0.05) is 44.6 Å². The molecule has 3 aliphatic heterocycles. The van der Waals surface area contributed by atoms with E-state index < -0.39 is 5.41 Å². The molecule has 0 radical (unpaired) electrons. The van der Waals surface area contributed by atoms with Gasteiger partial charge in [-0.05, 0) is 133 Å². The molecule has 76 heavy (non-hydrogen) atoms. The summed E-state index contributed by atoms with van der Waals surface area (Å²) in [5.74, 6) is 0. The van der Waals surface area contributed by atoms with Crippen molar-refractivity contribution in [2.24, 2.45) is 0 Å². The smallest absolute Gasteiger partial charge is 0.252 e. The summed E-state index contributed by atoms with van der Waals surface area (Å²) in [4.78, 5) is 5.26. The average Bonchev–Trinajstić information content (AvgIpc) is 4.14. The second-order valence-corrected chi connectivity index (χ2v) is 22.4. The van der Waals surface area contributed by atoms with Crippen molar-refractivity contribution in [3.05, 3.63) is 276 Å². The van der Waals surface area contributed by atoms with Crippen LogP contribution in [0.15, 0.2) is 243 Å². The highest BCUT2D eigenvalue weighted by atomic mass is 15.2. The van der Waals surface area contributed by atoms with Crippen molar-refractivity contribution in [2.75, 3.05) is 9.80 Å². The summed E-state index contributed by atoms with van der Waals surface area (Å²) < 4.78 is 2.54. The fourth-order valence-corrected chi connectivity index (χ4v) is 14.2. The van der Waals surface area contributed by atoms with Crippen LogP contribution in [0.3, 0.4) is 0 Å². The number of aryl methyl sites for hydroxylation is 1. The maximum absolute atomic E-state index is 2.66. The molecule has 1 aromatic heterocycles. The average molecular weight is 970 g/mol. The Labute approximate surface area is 444 Å². The Morgan fingerprint density at radius 2 is 0.987 bits per heavy atom. The van der Waals surface area contributed by atoms with Crippen LogP contribution in [-0.4, -0.2) is 11.3 Å². The molecule has 0 bridgehead atoms. The number of para-hydroxylation sites is 4. The Bertz CT molecular complexity index is 4430. The van der Waals surface area contributed by atoms with Crippen molar-refractivity contribution in [3.63, 3.8) is 0 Å². The van der Waals surface area contributed by atoms with Crippen molar-refractivity contribution >= 4 is 79.0 Å². The minimum absolute atomic E-state index is 0.0424. The number of aromatic nitrogens is 1. The van der Waals surface area contributed by atoms with Crippen molar-refractivity contribution in [1.29, 1.82) is 0 Å². The molecule has 0 saturated carbocycles. The SMILES string of the molecule is Cc1cc2c3c(c1)N(c1cccc4c1-c1ccccc1C41c4ccccc4-n4c5ccccc5c5cccc1c54)c1ccc(C(C)(C)C)cc1B3c1ccc(-c3ccccc3)cc1N2c1ccccc1-c1ccccc1. The van der Waals surface area contributed by atoms with E-state index in [2.05, 4.69) is 285 Å². The van der Waals surface area contributed by atoms with Gasteiger partial charge in [0.05, 0.1) is 33.5 Å². The Hall–Kier alpha value is -9.12. The first-order valence-electron chi connectivity index (χ1n) is 26.9. The number of anilines is 6. The van der Waals surface area contributed by atoms with Gasteiger partial charge in [0.15, 0.2) is 0 Å². The summed E-state index contributed by atoms with van der Waals surface area (Å²) in [5.41, 5.74) is 29.4. The van der Waals surface area contributed by atoms with Crippen LogP contribution in [0.4, 0.5) is 34.1 Å². The molecule has 1 aliphatic carbocycles. The highest BCUT2D eigenvalue weighted by molar-refractivity contribution is 7.00. The molecule has 358 valence electrons. The van der Waals surface area contributed by atoms with E-state index in [-0.39, 0.29) is 12.1 Å². The lowest BCUT2D eigenvalue weighted by Crippen LogP contribution is -2.61. The van der Waals surface area contributed by atoms with E-state index in [9.17, 15) is 0 Å². The van der Waals surface area contributed by atoms with Gasteiger partial charge in [-0.15, -0.1) is 0 Å². The maximum atomic E-state index is 2.66. The van der Waals surface area contributed by atoms with Crippen LogP contribution in [0.5, 0.6) is 0 Å². The van der Waals surface area contributed by atoms with Gasteiger partial charge in [0.25, 0.3) is 6.71 Å². The van der Waals surface area contributed by atoms with Gasteiger partial charge in [0.2, 0.25) is 0 Å². The summed E-state index contributed by atoms with van der Waals surface area (Å²) in [5, 5.41) is 2.57. The van der Waals surface area contributed by atoms with Crippen molar-refractivity contribution in [3.8, 4) is 39.1 Å². The predicted octanol–water partition coefficient (Wildman–Crippen LogP) is 16.5. The highest BCUT2D eigenvalue weighted by Crippen LogP contribution is 2.63. The molecule has 16 rings (SSSR count). The molecular weight excluding hydrogens is 918 g/mol. The highest BCUT2D eigenvalue weighted by Gasteiger charge is 2.53. The van der Waals surface area contributed by atoms with Crippen LogP contribution in [0.25, 0.3) is 60.9 Å². The third-order valence-corrected chi connectivity index (χ3v) is 17.4. The number of hydrogen-bond acceptors (Lipinski definition) is 2. The lowest BCUT2D eigenvalue weighted by atomic mass is 9.33. The first-order valence-corrected chi connectivity index (χ1v) is 26.9. The number of rotatable bonds is 4. The zero-order valence-electron chi connectivity index (χ0n) is 43.0. The molecule has 4 aliphatic rings. The molecule has 0 amide bonds. The Kier molecular flexibility index (Phi) is 8.95. The molecule has 1 spiro atoms. The lowest BCUT2D eigenvalue weighted by Gasteiger charge is -2.45. The third-order valence-electron chi connectivity index (χ3n) is 17.4. The van der Waals surface area contributed by atoms with Crippen molar-refractivity contribution in [1.82, 2.24) is 4.57 Å². The second-order valence-electron chi connectivity index (χ2n) is 22.4. The van der Waals surface area contributed by atoms with E-state index in [1.54, 1.807) is 0 Å². The lowest BCUT2D eigenvalue weighted by molar-refractivity contribution is 0.591. The van der Waals surface area contributed by atoms with Crippen LogP contribution >= 0.6 is 0 Å². The quantitative estimate of drug-likeness (QED) is 0.163. The largest absolute Gasteiger partial charge is 0.311 e. The Balaban J connectivity index is 1.01. The summed E-state index contributed by atoms with van der Waals surface area (Å²) in [7, 11) is 0. The zero-order chi connectivity index (χ0) is 50.6. The van der Waals surface area contributed by atoms with Gasteiger partial charge in [-0.3, -0.25) is 0 Å². The molecule has 4 heterocycles. The summed E-state index contributed by atoms with van der Waals surface area (Å²) in [6.45, 7) is 9.30. The molecule has 12 aromatic rings. The molecule has 1 atom stereocenters. The van der Waals surface area contributed by atoms with Gasteiger partial charge in [0.1, 0.15) is 0 Å². The molecule has 3 nitrogen and oxygen atoms in total. The van der Waals surface area contributed by atoms with Gasteiger partial charge in [-0.1, -0.05) is 215 Å². The van der Waals surface area contributed by atoms with Crippen LogP contribution in [0.2, 0.25) is 0 Å². The van der Waals surface area contributed by atoms with E-state index in [0.29, 0.717) is 0 Å². The van der Waals surface area contributed by atoms with Crippen molar-refractivity contribution < 1.29 is 0 Å². The zero-order valence-corrected chi connectivity index (χ0v) is 43.0. The Morgan fingerprint density at radius 1 is 0.382 bits per heavy atom. The molecular formula is C72H52BN3. The van der Waals surface area contributed by atoms with Crippen LogP contribution in [-0.2, 0) is 10.8 Å². The summed E-state index contributed by atoms with van der Waals surface area (Å²) in [6.07, 6.45) is 0. The molecule has 0 saturated heterocycles. The fourth-order valence-electron chi connectivity index (χ4n) is 14.2. The number of nitrogens with zero attached hydrogens (tertiary/aromatic N) is 3. The number of fused-ring (bicyclic) bond motifs is 16. The van der Waals surface area contributed by atoms with Gasteiger partial charge < -0.3 is 14.4 Å². The van der Waals surface area contributed by atoms with E-state index >= 15 is 0 Å². The molecule has 1 unspecified atom stereocenters. The second kappa shape index (κ2) is 15.7. The topological polar surface area (TPSA) is 11.4 Å². The molecule has 11 aromatic carbocycles. The monoisotopic (exact) mass is 969 g/mol. The van der Waals surface area contributed by atoms with Crippen LogP contribution in [0, 0.1) is 6.92 Å². The minimum atomic E-state index is -0.584. The van der Waals surface area contributed by atoms with Crippen LogP contribution < -0.4 is 26.2 Å². The maximum Gasteiger partial charge on any atom is 0.252 e. The summed E-state index contributed by atoms with van der Waals surface area (Å²) >= 11 is 0. The van der Waals surface area contributed by atoms with E-state index in [1.807, 2.05) is 0 Å². The predicted molar refractivity (Wildman–Crippen MR) is 320 cm³/mol. The number of benzene rings is 11. The molecule has 0 N–H and O–H groups in total. The fraction of sp³-hybridized carbons (Fsp3) is 0.0833. The summed E-state index contributed by atoms with van der Waals surface area (Å²) in [6, 6.07) is 92.1. The molecule has 4 heteroatoms. The Morgan fingerprint density at radius 3 is 1.78 bits per heavy atom. The first-order chi connectivity index (χ1) is 37.3. The van der Waals surface area contributed by atoms with E-state index in [0.717, 1.165) is 5.69 Å². The number of hydrogen-bond donors (Lipinski definition) is 0. The molecule has 0 fully saturated rings. The van der Waals surface area contributed by atoms with Gasteiger partial charge in [-0.2, -0.15) is 0 Å². The standard InChI is InChI=1S/C72H52BN3/c1-45-41-66-69-67(42-45)75(64-36-20-31-56-68(64)53-27-11-14-29-54(53)72(56)55-30-15-18-35-62(55)76-61-34-17-13-26-51(61)52-28-19-32-57(72)70(52)76)63-40-38-49(71(2,3)4)44-59(63)73(69)58-39-37-48(46-21-7-5-8-22-46)43-65(58)74(66)60-33-16-12-25-50(60)47-23-9-6-10-24-47/h5-44H,1-4H3. The first kappa shape index (κ1) is 43.3. The van der Waals surface area contributed by atoms with Crippen molar-refractivity contribution in [2.45, 2.75) is 38.5 Å². The normalized spacial score (nSPS) is 15.3. The van der Waals surface area contributed by atoms with E-state index in [4.69, 9.17) is 0 Å². The van der Waals surface area contributed by atoms with Gasteiger partial charge >= 0.3 is 0 Å². The minimum Gasteiger partial charge on any atom is -0.311 e. The van der Waals surface area contributed by atoms with Gasteiger partial charge in [-0.25, -0.2) is 0 Å². The van der Waals surface area contributed by atoms with Crippen LogP contribution in [0.1, 0.15) is 54.2 Å². The van der Waals surface area contributed by atoms with E-state index in [1.165, 1.54) is 139 Å². The third kappa shape index (κ3) is 5.73.